The monoisotopic (exact) mass is 366 g/mol. The third-order valence-corrected chi connectivity index (χ3v) is 4.04. The molecule has 0 saturated heterocycles. The average molecular weight is 367 g/mol. The van der Waals surface area contributed by atoms with Crippen LogP contribution in [0.4, 0.5) is 13.2 Å². The van der Waals surface area contributed by atoms with Crippen LogP contribution < -0.4 is 9.47 Å². The normalized spacial score (nSPS) is 16.1. The lowest BCUT2D eigenvalue weighted by Crippen LogP contribution is -2.33. The highest BCUT2D eigenvalue weighted by Crippen LogP contribution is 2.40. The van der Waals surface area contributed by atoms with Gasteiger partial charge >= 0.3 is 6.18 Å². The second-order valence-electron chi connectivity index (χ2n) is 5.59. The van der Waals surface area contributed by atoms with Crippen LogP contribution in [0.15, 0.2) is 43.0 Å². The third-order valence-electron chi connectivity index (χ3n) is 3.75. The predicted octanol–water partition coefficient (Wildman–Crippen LogP) is 6.42. The van der Waals surface area contributed by atoms with E-state index in [4.69, 9.17) is 21.1 Å². The molecule has 0 N–H and O–H groups in total. The third kappa shape index (κ3) is 3.66. The van der Waals surface area contributed by atoms with Gasteiger partial charge in [0.1, 0.15) is 17.2 Å². The Morgan fingerprint density at radius 2 is 1.96 bits per heavy atom. The summed E-state index contributed by atoms with van der Waals surface area (Å²) < 4.78 is 49.3. The predicted molar refractivity (Wildman–Crippen MR) is 92.3 cm³/mol. The van der Waals surface area contributed by atoms with E-state index in [-0.39, 0.29) is 16.5 Å². The zero-order valence-electron chi connectivity index (χ0n) is 13.2. The Morgan fingerprint density at radius 1 is 1.20 bits per heavy atom. The second-order valence-corrected chi connectivity index (χ2v) is 6.00. The molecule has 1 atom stereocenters. The summed E-state index contributed by atoms with van der Waals surface area (Å²) in [6.07, 6.45) is -2.46. The van der Waals surface area contributed by atoms with Gasteiger partial charge in [-0.1, -0.05) is 36.4 Å². The van der Waals surface area contributed by atoms with Crippen molar-refractivity contribution in [1.29, 1.82) is 0 Å². The Labute approximate surface area is 148 Å². The quantitative estimate of drug-likeness (QED) is 0.624. The van der Waals surface area contributed by atoms with Gasteiger partial charge in [-0.15, -0.1) is 0 Å². The van der Waals surface area contributed by atoms with E-state index in [2.05, 4.69) is 6.58 Å². The molecule has 0 bridgehead atoms. The molecule has 1 aliphatic rings. The number of halogens is 4. The SMILES string of the molecule is C=Cc1ccc(Oc2cc3c(cc2Cl)C=CC(C(F)(F)F)O3)c(C)c1. The molecule has 0 saturated carbocycles. The summed E-state index contributed by atoms with van der Waals surface area (Å²) in [5, 5.41) is 0.282. The number of alkyl halides is 3. The largest absolute Gasteiger partial charge is 0.476 e. The first kappa shape index (κ1) is 17.4. The Hall–Kier alpha value is -2.40. The molecule has 0 spiro atoms. The molecular formula is C19H14ClF3O2. The number of hydrogen-bond acceptors (Lipinski definition) is 2. The number of aryl methyl sites for hydroxylation is 1. The molecule has 0 aromatic heterocycles. The standard InChI is InChI=1S/C19H14ClF3O2/c1-3-12-4-6-15(11(2)8-12)24-17-10-16-13(9-14(17)20)5-7-18(25-16)19(21,22)23/h3-10,18H,1H2,2H3. The van der Waals surface area contributed by atoms with E-state index in [1.807, 2.05) is 19.1 Å². The van der Waals surface area contributed by atoms with Crippen molar-refractivity contribution in [1.82, 2.24) is 0 Å². The molecule has 2 nitrogen and oxygen atoms in total. The van der Waals surface area contributed by atoms with Gasteiger partial charge in [-0.25, -0.2) is 0 Å². The van der Waals surface area contributed by atoms with E-state index in [0.717, 1.165) is 17.2 Å². The maximum atomic E-state index is 12.8. The summed E-state index contributed by atoms with van der Waals surface area (Å²) in [4.78, 5) is 0. The van der Waals surface area contributed by atoms with Gasteiger partial charge < -0.3 is 9.47 Å². The smallest absolute Gasteiger partial charge is 0.429 e. The number of fused-ring (bicyclic) bond motifs is 1. The first-order valence-electron chi connectivity index (χ1n) is 7.44. The van der Waals surface area contributed by atoms with Crippen LogP contribution in [-0.4, -0.2) is 12.3 Å². The van der Waals surface area contributed by atoms with E-state index in [0.29, 0.717) is 11.3 Å². The maximum Gasteiger partial charge on any atom is 0.429 e. The van der Waals surface area contributed by atoms with Crippen molar-refractivity contribution in [2.24, 2.45) is 0 Å². The van der Waals surface area contributed by atoms with Crippen molar-refractivity contribution in [2.75, 3.05) is 0 Å². The van der Waals surface area contributed by atoms with Gasteiger partial charge in [-0.05, 0) is 42.3 Å². The lowest BCUT2D eigenvalue weighted by Gasteiger charge is -2.24. The number of benzene rings is 2. The van der Waals surface area contributed by atoms with Crippen LogP contribution in [0.3, 0.4) is 0 Å². The Morgan fingerprint density at radius 3 is 2.60 bits per heavy atom. The molecule has 0 aliphatic carbocycles. The Balaban J connectivity index is 1.92. The fourth-order valence-corrected chi connectivity index (χ4v) is 2.65. The van der Waals surface area contributed by atoms with E-state index in [9.17, 15) is 13.2 Å². The van der Waals surface area contributed by atoms with Gasteiger partial charge in [0.15, 0.2) is 0 Å². The minimum atomic E-state index is -4.48. The molecular weight excluding hydrogens is 353 g/mol. The summed E-state index contributed by atoms with van der Waals surface area (Å²) in [5.41, 5.74) is 2.25. The molecule has 2 aromatic rings. The van der Waals surface area contributed by atoms with Gasteiger partial charge in [-0.2, -0.15) is 13.2 Å². The van der Waals surface area contributed by atoms with Crippen molar-refractivity contribution >= 4 is 23.8 Å². The zero-order chi connectivity index (χ0) is 18.2. The molecule has 6 heteroatoms. The lowest BCUT2D eigenvalue weighted by atomic mass is 10.1. The molecule has 1 aliphatic heterocycles. The second kappa shape index (κ2) is 6.48. The van der Waals surface area contributed by atoms with Crippen LogP contribution in [0.2, 0.25) is 5.02 Å². The first-order chi connectivity index (χ1) is 11.8. The molecule has 3 rings (SSSR count). The maximum absolute atomic E-state index is 12.8. The van der Waals surface area contributed by atoms with Crippen molar-refractivity contribution in [3.8, 4) is 17.2 Å². The van der Waals surface area contributed by atoms with Crippen molar-refractivity contribution in [3.63, 3.8) is 0 Å². The van der Waals surface area contributed by atoms with E-state index in [1.54, 1.807) is 12.1 Å². The Bertz CT molecular complexity index is 856. The molecule has 130 valence electrons. The van der Waals surface area contributed by atoms with Crippen LogP contribution in [0.1, 0.15) is 16.7 Å². The van der Waals surface area contributed by atoms with Crippen LogP contribution in [0.25, 0.3) is 12.2 Å². The summed E-state index contributed by atoms with van der Waals surface area (Å²) in [7, 11) is 0. The lowest BCUT2D eigenvalue weighted by molar-refractivity contribution is -0.180. The van der Waals surface area contributed by atoms with Gasteiger partial charge in [0.2, 0.25) is 6.10 Å². The minimum absolute atomic E-state index is 0.0737. The highest BCUT2D eigenvalue weighted by molar-refractivity contribution is 6.32. The first-order valence-corrected chi connectivity index (χ1v) is 7.82. The van der Waals surface area contributed by atoms with Crippen molar-refractivity contribution < 1.29 is 22.6 Å². The number of rotatable bonds is 3. The number of hydrogen-bond donors (Lipinski definition) is 0. The Kier molecular flexibility index (Phi) is 4.52. The fraction of sp³-hybridized carbons (Fsp3) is 0.158. The molecule has 0 radical (unpaired) electrons. The van der Waals surface area contributed by atoms with Gasteiger partial charge in [0, 0.05) is 11.6 Å². The van der Waals surface area contributed by atoms with Crippen molar-refractivity contribution in [3.05, 3.63) is 64.7 Å². The van der Waals surface area contributed by atoms with E-state index in [1.165, 1.54) is 18.2 Å². The van der Waals surface area contributed by atoms with Gasteiger partial charge in [0.05, 0.1) is 5.02 Å². The zero-order valence-corrected chi connectivity index (χ0v) is 14.0. The molecule has 25 heavy (non-hydrogen) atoms. The average Bonchev–Trinajstić information content (AvgIpc) is 2.55. The van der Waals surface area contributed by atoms with Gasteiger partial charge in [0.25, 0.3) is 0 Å². The summed E-state index contributed by atoms with van der Waals surface area (Å²) in [5.74, 6) is 0.849. The van der Waals surface area contributed by atoms with Crippen molar-refractivity contribution in [2.45, 2.75) is 19.2 Å². The summed E-state index contributed by atoms with van der Waals surface area (Å²) in [6, 6.07) is 8.35. The molecule has 2 aromatic carbocycles. The molecule has 1 unspecified atom stereocenters. The molecule has 0 fully saturated rings. The summed E-state index contributed by atoms with van der Waals surface area (Å²) >= 11 is 6.20. The summed E-state index contributed by atoms with van der Waals surface area (Å²) in [6.45, 7) is 5.55. The van der Waals surface area contributed by atoms with E-state index >= 15 is 0 Å². The van der Waals surface area contributed by atoms with E-state index < -0.39 is 12.3 Å². The van der Waals surface area contributed by atoms with Crippen LogP contribution >= 0.6 is 11.6 Å². The fourth-order valence-electron chi connectivity index (χ4n) is 2.44. The minimum Gasteiger partial charge on any atom is -0.476 e. The highest BCUT2D eigenvalue weighted by Gasteiger charge is 2.41. The highest BCUT2D eigenvalue weighted by atomic mass is 35.5. The topological polar surface area (TPSA) is 18.5 Å². The van der Waals surface area contributed by atoms with Crippen LogP contribution in [0, 0.1) is 6.92 Å². The van der Waals surface area contributed by atoms with Crippen LogP contribution in [0.5, 0.6) is 17.2 Å². The molecule has 0 amide bonds. The molecule has 1 heterocycles. The number of ether oxygens (including phenoxy) is 2. The van der Waals surface area contributed by atoms with Crippen LogP contribution in [-0.2, 0) is 0 Å². The van der Waals surface area contributed by atoms with Gasteiger partial charge in [-0.3, -0.25) is 0 Å².